The van der Waals surface area contributed by atoms with Crippen molar-refractivity contribution >= 4 is 35.3 Å². The molecule has 0 radical (unpaired) electrons. The standard InChI is InChI=1S/C26H20FN3O7/c1-2-36-23-14-17(9-12-22(23)37-15-16-7-10-18(11-8-16)30(34)35)13-19-24(31)28-26(33)29(25(19)32)21-6-4-3-5-20(21)27/h3-14H,2,15H2,1H3,(H,28,31,33)/b19-13-. The van der Waals surface area contributed by atoms with Gasteiger partial charge in [0.25, 0.3) is 17.5 Å². The van der Waals surface area contributed by atoms with Gasteiger partial charge in [-0.1, -0.05) is 18.2 Å². The van der Waals surface area contributed by atoms with Crippen molar-refractivity contribution in [3.63, 3.8) is 0 Å². The van der Waals surface area contributed by atoms with Gasteiger partial charge in [0.1, 0.15) is 18.0 Å². The Morgan fingerprint density at radius 3 is 2.41 bits per heavy atom. The second kappa shape index (κ2) is 10.7. The number of non-ortho nitro benzene ring substituents is 1. The quantitative estimate of drug-likeness (QED) is 0.208. The van der Waals surface area contributed by atoms with Crippen molar-refractivity contribution in [3.8, 4) is 11.5 Å². The molecule has 1 saturated heterocycles. The number of hydrogen-bond donors (Lipinski definition) is 1. The number of nitrogens with one attached hydrogen (secondary N) is 1. The molecular weight excluding hydrogens is 485 g/mol. The predicted octanol–water partition coefficient (Wildman–Crippen LogP) is 4.38. The molecule has 0 aliphatic carbocycles. The highest BCUT2D eigenvalue weighted by Gasteiger charge is 2.38. The molecule has 188 valence electrons. The molecule has 4 rings (SSSR count). The van der Waals surface area contributed by atoms with Gasteiger partial charge in [-0.25, -0.2) is 14.1 Å². The zero-order chi connectivity index (χ0) is 26.5. The number of halogens is 1. The van der Waals surface area contributed by atoms with Gasteiger partial charge in [0, 0.05) is 12.1 Å². The van der Waals surface area contributed by atoms with Crippen molar-refractivity contribution in [2.75, 3.05) is 11.5 Å². The van der Waals surface area contributed by atoms with Crippen LogP contribution in [-0.2, 0) is 16.2 Å². The number of nitro benzene ring substituents is 1. The Morgan fingerprint density at radius 2 is 1.73 bits per heavy atom. The summed E-state index contributed by atoms with van der Waals surface area (Å²) in [6.07, 6.45) is 1.26. The average molecular weight is 505 g/mol. The third-order valence-corrected chi connectivity index (χ3v) is 5.32. The molecule has 10 nitrogen and oxygen atoms in total. The zero-order valence-electron chi connectivity index (χ0n) is 19.5. The van der Waals surface area contributed by atoms with Gasteiger partial charge in [0.15, 0.2) is 11.5 Å². The lowest BCUT2D eigenvalue weighted by atomic mass is 10.1. The van der Waals surface area contributed by atoms with E-state index in [1.54, 1.807) is 37.3 Å². The monoisotopic (exact) mass is 505 g/mol. The van der Waals surface area contributed by atoms with E-state index in [0.29, 0.717) is 34.1 Å². The number of urea groups is 1. The largest absolute Gasteiger partial charge is 0.490 e. The van der Waals surface area contributed by atoms with Crippen LogP contribution in [0, 0.1) is 15.9 Å². The number of nitro groups is 1. The Balaban J connectivity index is 1.59. The number of amides is 4. The van der Waals surface area contributed by atoms with E-state index in [1.807, 2.05) is 0 Å². The van der Waals surface area contributed by atoms with Gasteiger partial charge >= 0.3 is 6.03 Å². The third-order valence-electron chi connectivity index (χ3n) is 5.32. The predicted molar refractivity (Wildman–Crippen MR) is 130 cm³/mol. The number of carbonyl (C=O) groups is 3. The van der Waals surface area contributed by atoms with Crippen molar-refractivity contribution in [1.82, 2.24) is 5.32 Å². The number of nitrogens with zero attached hydrogens (tertiary/aromatic N) is 2. The number of para-hydroxylation sites is 1. The summed E-state index contributed by atoms with van der Waals surface area (Å²) in [6, 6.07) is 14.8. The van der Waals surface area contributed by atoms with Crippen LogP contribution in [0.15, 0.2) is 72.3 Å². The van der Waals surface area contributed by atoms with Gasteiger partial charge in [-0.15, -0.1) is 0 Å². The van der Waals surface area contributed by atoms with E-state index in [-0.39, 0.29) is 23.6 Å². The Labute approximate surface area is 210 Å². The maximum absolute atomic E-state index is 14.3. The molecule has 0 bridgehead atoms. The minimum Gasteiger partial charge on any atom is -0.490 e. The molecule has 0 unspecified atom stereocenters. The maximum Gasteiger partial charge on any atom is 0.336 e. The molecule has 1 aliphatic heterocycles. The van der Waals surface area contributed by atoms with Gasteiger partial charge in [0.05, 0.1) is 17.2 Å². The summed E-state index contributed by atoms with van der Waals surface area (Å²) in [5, 5.41) is 12.9. The van der Waals surface area contributed by atoms with E-state index in [1.165, 1.54) is 36.4 Å². The van der Waals surface area contributed by atoms with Gasteiger partial charge in [-0.3, -0.25) is 25.0 Å². The average Bonchev–Trinajstić information content (AvgIpc) is 2.87. The zero-order valence-corrected chi connectivity index (χ0v) is 19.5. The number of barbiturate groups is 1. The fraction of sp³-hybridized carbons (Fsp3) is 0.115. The SMILES string of the molecule is CCOc1cc(/C=C2/C(=O)NC(=O)N(c3ccccc3F)C2=O)ccc1OCc1ccc([N+](=O)[O-])cc1. The molecule has 1 N–H and O–H groups in total. The van der Waals surface area contributed by atoms with Crippen molar-refractivity contribution in [1.29, 1.82) is 0 Å². The first-order valence-corrected chi connectivity index (χ1v) is 11.1. The van der Waals surface area contributed by atoms with E-state index in [2.05, 4.69) is 5.32 Å². The van der Waals surface area contributed by atoms with Crippen molar-refractivity contribution in [2.24, 2.45) is 0 Å². The first-order chi connectivity index (χ1) is 17.8. The number of rotatable bonds is 8. The summed E-state index contributed by atoms with van der Waals surface area (Å²) < 4.78 is 25.7. The Morgan fingerprint density at radius 1 is 1.00 bits per heavy atom. The van der Waals surface area contributed by atoms with Crippen LogP contribution >= 0.6 is 0 Å². The lowest BCUT2D eigenvalue weighted by Crippen LogP contribution is -2.54. The van der Waals surface area contributed by atoms with E-state index >= 15 is 0 Å². The first kappa shape index (κ1) is 25.0. The number of carbonyl (C=O) groups excluding carboxylic acids is 3. The van der Waals surface area contributed by atoms with Gasteiger partial charge in [-0.2, -0.15) is 0 Å². The summed E-state index contributed by atoms with van der Waals surface area (Å²) >= 11 is 0. The van der Waals surface area contributed by atoms with Crippen LogP contribution in [0.5, 0.6) is 11.5 Å². The fourth-order valence-corrected chi connectivity index (χ4v) is 3.55. The second-order valence-corrected chi connectivity index (χ2v) is 7.76. The van der Waals surface area contributed by atoms with E-state index in [9.17, 15) is 28.9 Å². The van der Waals surface area contributed by atoms with Crippen LogP contribution in [0.1, 0.15) is 18.1 Å². The summed E-state index contributed by atoms with van der Waals surface area (Å²) in [6.45, 7) is 2.17. The van der Waals surface area contributed by atoms with Crippen LogP contribution in [-0.4, -0.2) is 29.4 Å². The summed E-state index contributed by atoms with van der Waals surface area (Å²) in [4.78, 5) is 48.6. The minimum atomic E-state index is -1.05. The third kappa shape index (κ3) is 5.45. The minimum absolute atomic E-state index is 0.0345. The molecule has 1 heterocycles. The van der Waals surface area contributed by atoms with Crippen LogP contribution in [0.2, 0.25) is 0 Å². The maximum atomic E-state index is 14.3. The number of imide groups is 2. The molecular formula is C26H20FN3O7. The van der Waals surface area contributed by atoms with E-state index in [4.69, 9.17) is 9.47 Å². The molecule has 11 heteroatoms. The Kier molecular flexibility index (Phi) is 7.23. The van der Waals surface area contributed by atoms with Crippen LogP contribution in [0.3, 0.4) is 0 Å². The topological polar surface area (TPSA) is 128 Å². The van der Waals surface area contributed by atoms with Gasteiger partial charge < -0.3 is 9.47 Å². The van der Waals surface area contributed by atoms with Crippen molar-refractivity contribution < 1.29 is 33.2 Å². The molecule has 3 aromatic carbocycles. The van der Waals surface area contributed by atoms with Gasteiger partial charge in [0.2, 0.25) is 0 Å². The van der Waals surface area contributed by atoms with Crippen molar-refractivity contribution in [2.45, 2.75) is 13.5 Å². The molecule has 0 aromatic heterocycles. The van der Waals surface area contributed by atoms with Crippen LogP contribution in [0.25, 0.3) is 6.08 Å². The lowest BCUT2D eigenvalue weighted by Gasteiger charge is -2.26. The molecule has 0 spiro atoms. The first-order valence-electron chi connectivity index (χ1n) is 11.1. The normalized spacial score (nSPS) is 14.5. The summed E-state index contributed by atoms with van der Waals surface area (Å²) in [5.74, 6) is -2.00. The number of hydrogen-bond acceptors (Lipinski definition) is 7. The molecule has 1 aliphatic rings. The summed E-state index contributed by atoms with van der Waals surface area (Å²) in [7, 11) is 0. The number of benzene rings is 3. The van der Waals surface area contributed by atoms with E-state index < -0.39 is 28.6 Å². The van der Waals surface area contributed by atoms with Crippen molar-refractivity contribution in [3.05, 3.63) is 99.4 Å². The molecule has 3 aromatic rings. The number of ether oxygens (including phenoxy) is 2. The van der Waals surface area contributed by atoms with Crippen LogP contribution in [0.4, 0.5) is 20.6 Å². The Bertz CT molecular complexity index is 1420. The highest BCUT2D eigenvalue weighted by Crippen LogP contribution is 2.31. The molecule has 0 atom stereocenters. The lowest BCUT2D eigenvalue weighted by molar-refractivity contribution is -0.384. The molecule has 37 heavy (non-hydrogen) atoms. The van der Waals surface area contributed by atoms with Crippen LogP contribution < -0.4 is 19.7 Å². The Hall–Kier alpha value is -5.06. The molecule has 0 saturated carbocycles. The van der Waals surface area contributed by atoms with E-state index in [0.717, 1.165) is 6.07 Å². The molecule has 4 amide bonds. The fourth-order valence-electron chi connectivity index (χ4n) is 3.55. The van der Waals surface area contributed by atoms with Gasteiger partial charge in [-0.05, 0) is 60.5 Å². The highest BCUT2D eigenvalue weighted by atomic mass is 19.1. The number of anilines is 1. The highest BCUT2D eigenvalue weighted by molar-refractivity contribution is 6.39. The smallest absolute Gasteiger partial charge is 0.336 e. The second-order valence-electron chi connectivity index (χ2n) is 7.76. The summed E-state index contributed by atoms with van der Waals surface area (Å²) in [5.41, 5.74) is 0.403. The molecule has 1 fully saturated rings.